The van der Waals surface area contributed by atoms with E-state index in [4.69, 9.17) is 11.6 Å². The molecule has 0 spiro atoms. The third-order valence-electron chi connectivity index (χ3n) is 7.44. The summed E-state index contributed by atoms with van der Waals surface area (Å²) in [6, 6.07) is 22.1. The zero-order chi connectivity index (χ0) is 32.6. The van der Waals surface area contributed by atoms with Gasteiger partial charge in [0.2, 0.25) is 5.91 Å². The first-order chi connectivity index (χ1) is 22.1. The molecule has 0 saturated heterocycles. The highest BCUT2D eigenvalue weighted by Gasteiger charge is 2.19. The monoisotopic (exact) mass is 694 g/mol. The highest BCUT2D eigenvalue weighted by molar-refractivity contribution is 7.98. The number of aryl methyl sites for hydroxylation is 1. The molecule has 0 unspecified atom stereocenters. The van der Waals surface area contributed by atoms with Gasteiger partial charge in [0.1, 0.15) is 12.4 Å². The molecule has 5 aromatic rings. The molecule has 0 bridgehead atoms. The fraction of sp³-hybridized carbons (Fsp3) is 0.257. The van der Waals surface area contributed by atoms with E-state index in [1.165, 1.54) is 23.9 Å². The second kappa shape index (κ2) is 16.7. The van der Waals surface area contributed by atoms with Crippen LogP contribution in [-0.4, -0.2) is 62.2 Å². The van der Waals surface area contributed by atoms with Crippen molar-refractivity contribution in [3.63, 3.8) is 0 Å². The molecule has 1 amide bonds. The minimum Gasteiger partial charge on any atom is -0.336 e. The molecule has 0 atom stereocenters. The first kappa shape index (κ1) is 35.9. The lowest BCUT2D eigenvalue weighted by molar-refractivity contribution is -0.132. The molecule has 47 heavy (non-hydrogen) atoms. The molecular weight excluding hydrogens is 658 g/mol. The van der Waals surface area contributed by atoms with Crippen molar-refractivity contribution in [3.8, 4) is 11.1 Å². The molecule has 0 N–H and O–H groups in total. The molecule has 0 fully saturated rings. The lowest BCUT2D eigenvalue weighted by Gasteiger charge is -2.26. The van der Waals surface area contributed by atoms with E-state index in [0.717, 1.165) is 27.8 Å². The van der Waals surface area contributed by atoms with Crippen LogP contribution >= 0.6 is 35.8 Å². The maximum atomic E-state index is 14.0. The van der Waals surface area contributed by atoms with Crippen LogP contribution < -0.4 is 5.56 Å². The number of carbonyl (C=O) groups excluding carboxylic acids is 1. The lowest BCUT2D eigenvalue weighted by atomic mass is 10.0. The highest BCUT2D eigenvalue weighted by atomic mass is 35.5. The number of nitrogens with zero attached hydrogens (tertiary/aromatic N) is 6. The standard InChI is InChI=1S/C35H36ClFN6O2S.ClH/c1-40(2)16-17-42(21-25-4-8-28(9-5-25)29-10-12-31(36)13-11-29)33(44)23-43-22-30(18-27-19-38-41(3)20-27)34(45)39-35(43)46-24-26-6-14-32(37)15-7-26;/h4-15,19-20,22H,16-18,21,23-24H2,1-3H3;1H. The summed E-state index contributed by atoms with van der Waals surface area (Å²) in [5.41, 5.74) is 5.02. The Kier molecular flexibility index (Phi) is 12.8. The SMILES string of the molecule is CN(C)CCN(Cc1ccc(-c2ccc(Cl)cc2)cc1)C(=O)Cn1cc(Cc2cnn(C)c2)c(=O)nc1SCc1ccc(F)cc1.Cl. The number of amides is 1. The third kappa shape index (κ3) is 10.3. The zero-order valence-corrected chi connectivity index (χ0v) is 28.9. The Hall–Kier alpha value is -3.96. The molecule has 3 aromatic carbocycles. The van der Waals surface area contributed by atoms with Crippen molar-refractivity contribution in [1.82, 2.24) is 29.1 Å². The van der Waals surface area contributed by atoms with E-state index in [1.54, 1.807) is 33.8 Å². The number of hydrogen-bond donors (Lipinski definition) is 0. The summed E-state index contributed by atoms with van der Waals surface area (Å²) in [7, 11) is 5.77. The average Bonchev–Trinajstić information content (AvgIpc) is 3.45. The summed E-state index contributed by atoms with van der Waals surface area (Å²) in [6.45, 7) is 1.66. The van der Waals surface area contributed by atoms with Gasteiger partial charge >= 0.3 is 0 Å². The lowest BCUT2D eigenvalue weighted by Crippen LogP contribution is -2.38. The molecule has 0 radical (unpaired) electrons. The summed E-state index contributed by atoms with van der Waals surface area (Å²) in [5.74, 6) is 0.0595. The molecule has 0 saturated carbocycles. The van der Waals surface area contributed by atoms with Crippen LogP contribution in [0.4, 0.5) is 4.39 Å². The first-order valence-corrected chi connectivity index (χ1v) is 16.2. The normalized spacial score (nSPS) is 11.0. The highest BCUT2D eigenvalue weighted by Crippen LogP contribution is 2.24. The van der Waals surface area contributed by atoms with Gasteiger partial charge in [0.25, 0.3) is 5.56 Å². The Morgan fingerprint density at radius 2 is 1.53 bits per heavy atom. The average molecular weight is 696 g/mol. The summed E-state index contributed by atoms with van der Waals surface area (Å²) >= 11 is 7.40. The second-order valence-corrected chi connectivity index (χ2v) is 12.8. The van der Waals surface area contributed by atoms with Crippen molar-refractivity contribution in [2.24, 2.45) is 7.05 Å². The Labute approximate surface area is 289 Å². The Bertz CT molecular complexity index is 1830. The summed E-state index contributed by atoms with van der Waals surface area (Å²) in [5, 5.41) is 5.33. The molecule has 0 aliphatic heterocycles. The van der Waals surface area contributed by atoms with Crippen molar-refractivity contribution in [2.45, 2.75) is 30.4 Å². The molecule has 5 rings (SSSR count). The van der Waals surface area contributed by atoms with Crippen molar-refractivity contribution in [3.05, 3.63) is 135 Å². The predicted octanol–water partition coefficient (Wildman–Crippen LogP) is 6.33. The number of benzene rings is 3. The number of thioether (sulfide) groups is 1. The molecule has 2 heterocycles. The minimum atomic E-state index is -0.348. The van der Waals surface area contributed by atoms with Crippen molar-refractivity contribution >= 4 is 41.7 Å². The van der Waals surface area contributed by atoms with Crippen LogP contribution in [0.1, 0.15) is 22.3 Å². The smallest absolute Gasteiger partial charge is 0.277 e. The number of halogens is 3. The van der Waals surface area contributed by atoms with Crippen LogP contribution in [0.3, 0.4) is 0 Å². The van der Waals surface area contributed by atoms with Gasteiger partial charge in [-0.1, -0.05) is 71.9 Å². The van der Waals surface area contributed by atoms with Gasteiger partial charge in [0.15, 0.2) is 5.16 Å². The molecule has 0 aliphatic rings. The Morgan fingerprint density at radius 3 is 2.15 bits per heavy atom. The molecule has 8 nitrogen and oxygen atoms in total. The van der Waals surface area contributed by atoms with Gasteiger partial charge in [-0.15, -0.1) is 12.4 Å². The van der Waals surface area contributed by atoms with E-state index in [0.29, 0.717) is 47.6 Å². The molecule has 2 aromatic heterocycles. The quantitative estimate of drug-likeness (QED) is 0.106. The van der Waals surface area contributed by atoms with Gasteiger partial charge in [-0.25, -0.2) is 4.39 Å². The maximum Gasteiger partial charge on any atom is 0.277 e. The zero-order valence-electron chi connectivity index (χ0n) is 26.5. The molecular formula is C35H37Cl2FN6O2S. The number of aromatic nitrogens is 4. The van der Waals surface area contributed by atoms with Crippen LogP contribution in [0.2, 0.25) is 5.02 Å². The molecule has 0 aliphatic carbocycles. The summed E-state index contributed by atoms with van der Waals surface area (Å²) in [4.78, 5) is 35.4. The van der Waals surface area contributed by atoms with E-state index in [2.05, 4.69) is 10.1 Å². The van der Waals surface area contributed by atoms with Crippen LogP contribution in [0.5, 0.6) is 0 Å². The van der Waals surface area contributed by atoms with E-state index >= 15 is 0 Å². The van der Waals surface area contributed by atoms with Gasteiger partial charge < -0.3 is 14.4 Å². The minimum absolute atomic E-state index is 0. The molecule has 12 heteroatoms. The number of likely N-dealkylation sites (N-methyl/N-ethyl adjacent to an activating group) is 1. The van der Waals surface area contributed by atoms with E-state index < -0.39 is 0 Å². The number of hydrogen-bond acceptors (Lipinski definition) is 6. The predicted molar refractivity (Wildman–Crippen MR) is 189 cm³/mol. The number of rotatable bonds is 13. The first-order valence-electron chi connectivity index (χ1n) is 14.9. The van der Waals surface area contributed by atoms with Crippen molar-refractivity contribution in [1.29, 1.82) is 0 Å². The van der Waals surface area contributed by atoms with Crippen LogP contribution in [0, 0.1) is 5.82 Å². The summed E-state index contributed by atoms with van der Waals surface area (Å²) < 4.78 is 16.9. The second-order valence-electron chi connectivity index (χ2n) is 11.4. The van der Waals surface area contributed by atoms with Crippen molar-refractivity contribution < 1.29 is 9.18 Å². The van der Waals surface area contributed by atoms with E-state index in [1.807, 2.05) is 85.7 Å². The topological polar surface area (TPSA) is 76.3 Å². The maximum absolute atomic E-state index is 14.0. The van der Waals surface area contributed by atoms with Gasteiger partial charge in [0.05, 0.1) is 6.20 Å². The fourth-order valence-electron chi connectivity index (χ4n) is 4.91. The molecule has 246 valence electrons. The van der Waals surface area contributed by atoms with E-state index in [9.17, 15) is 14.0 Å². The fourth-order valence-corrected chi connectivity index (χ4v) is 5.95. The summed E-state index contributed by atoms with van der Waals surface area (Å²) in [6.07, 6.45) is 5.65. The Balaban J connectivity index is 0.00000500. The van der Waals surface area contributed by atoms with Crippen LogP contribution in [-0.2, 0) is 37.1 Å². The van der Waals surface area contributed by atoms with Gasteiger partial charge in [-0.05, 0) is 66.2 Å². The van der Waals surface area contributed by atoms with Crippen LogP contribution in [0.15, 0.2) is 101 Å². The van der Waals surface area contributed by atoms with Gasteiger partial charge in [-0.2, -0.15) is 10.1 Å². The van der Waals surface area contributed by atoms with Crippen LogP contribution in [0.25, 0.3) is 11.1 Å². The largest absolute Gasteiger partial charge is 0.336 e. The Morgan fingerprint density at radius 1 is 0.894 bits per heavy atom. The third-order valence-corrected chi connectivity index (χ3v) is 8.76. The number of carbonyl (C=O) groups is 1. The van der Waals surface area contributed by atoms with E-state index in [-0.39, 0.29) is 36.2 Å². The van der Waals surface area contributed by atoms with Gasteiger partial charge in [0, 0.05) is 61.8 Å². The van der Waals surface area contributed by atoms with Gasteiger partial charge in [-0.3, -0.25) is 14.3 Å². The van der Waals surface area contributed by atoms with Crippen molar-refractivity contribution in [2.75, 3.05) is 27.2 Å².